The number of amides is 2. The van der Waals surface area contributed by atoms with Crippen LogP contribution in [0.15, 0.2) is 16.8 Å². The number of hydrogen-bond acceptors (Lipinski definition) is 7. The molecule has 3 aliphatic rings. The van der Waals surface area contributed by atoms with Crippen molar-refractivity contribution in [1.82, 2.24) is 10.2 Å². The van der Waals surface area contributed by atoms with Crippen molar-refractivity contribution < 1.29 is 53.9 Å². The molecule has 0 bridgehead atoms. The van der Waals surface area contributed by atoms with Gasteiger partial charge in [0.05, 0.1) is 12.0 Å². The second-order valence-corrected chi connectivity index (χ2v) is 8.90. The van der Waals surface area contributed by atoms with Crippen LogP contribution in [0.3, 0.4) is 0 Å². The van der Waals surface area contributed by atoms with Crippen molar-refractivity contribution in [3.05, 3.63) is 11.6 Å². The van der Waals surface area contributed by atoms with Crippen molar-refractivity contribution in [3.63, 3.8) is 0 Å². The minimum atomic E-state index is -1.28. The molecule has 10 heteroatoms. The molecule has 0 saturated carbocycles. The van der Waals surface area contributed by atoms with Gasteiger partial charge in [-0.15, -0.1) is 11.8 Å². The summed E-state index contributed by atoms with van der Waals surface area (Å²) in [5.74, 6) is -2.17. The normalized spacial score (nSPS) is 29.1. The summed E-state index contributed by atoms with van der Waals surface area (Å²) in [5.41, 5.74) is 0.989. The fourth-order valence-corrected chi connectivity index (χ4v) is 5.35. The maximum absolute atomic E-state index is 12.7. The van der Waals surface area contributed by atoms with E-state index in [4.69, 9.17) is 4.84 Å². The Morgan fingerprint density at radius 3 is 2.67 bits per heavy atom. The fraction of sp³-hybridized carbons (Fsp3) is 0.647. The van der Waals surface area contributed by atoms with E-state index in [0.717, 1.165) is 31.3 Å². The van der Waals surface area contributed by atoms with Gasteiger partial charge in [-0.25, -0.2) is 0 Å². The van der Waals surface area contributed by atoms with Crippen LogP contribution < -0.4 is 40.0 Å². The molecule has 2 heterocycles. The number of carboxylic acids is 1. The number of allylic oxidation sites excluding steroid dienone is 1. The van der Waals surface area contributed by atoms with Crippen molar-refractivity contribution in [1.29, 1.82) is 0 Å². The predicted molar refractivity (Wildman–Crippen MR) is 94.0 cm³/mol. The molecular formula is C17H22N3NaO5S. The topological polar surface area (TPSA) is 111 Å². The summed E-state index contributed by atoms with van der Waals surface area (Å²) in [4.78, 5) is 42.7. The minimum absolute atomic E-state index is 0. The van der Waals surface area contributed by atoms with Crippen LogP contribution in [0.2, 0.25) is 0 Å². The van der Waals surface area contributed by atoms with Crippen molar-refractivity contribution in [3.8, 4) is 0 Å². The first-order chi connectivity index (χ1) is 12.3. The first-order valence-corrected chi connectivity index (χ1v) is 9.48. The predicted octanol–water partition coefficient (Wildman–Crippen LogP) is -3.21. The number of oxime groups is 1. The van der Waals surface area contributed by atoms with Crippen LogP contribution in [0.4, 0.5) is 0 Å². The van der Waals surface area contributed by atoms with E-state index in [0.29, 0.717) is 0 Å². The standard InChI is InChI=1S/C17H23N3O5S.Na/c1-17(2)12(16(23)24)20-14(22)11(15(20)26-17)18-13(21)10(19-25-3)9-7-5-4-6-8-9;/h7,11-12,15H,4-6,8H2,1-3H3,(H,18,21)(H,23,24);/q;+1/p-1/b19-10-;/t11-,12+,15-;/m1./s1. The SMILES string of the molecule is CO/N=C(\C(=O)N[C@@H]1C(=O)N2[C@@H]1SC(C)(C)[C@@H]2C(=O)[O-])C1=CCCCC1.[Na+]. The van der Waals surface area contributed by atoms with E-state index in [1.54, 1.807) is 13.8 Å². The molecular weight excluding hydrogens is 381 g/mol. The monoisotopic (exact) mass is 403 g/mol. The molecule has 1 aliphatic carbocycles. The van der Waals surface area contributed by atoms with Crippen molar-refractivity contribution in [2.45, 2.75) is 61.7 Å². The largest absolute Gasteiger partial charge is 1.00 e. The van der Waals surface area contributed by atoms with Crippen LogP contribution in [-0.2, 0) is 19.2 Å². The summed E-state index contributed by atoms with van der Waals surface area (Å²) >= 11 is 1.35. The Morgan fingerprint density at radius 1 is 1.41 bits per heavy atom. The van der Waals surface area contributed by atoms with Gasteiger partial charge in [0.1, 0.15) is 18.5 Å². The number of carbonyl (C=O) groups is 3. The van der Waals surface area contributed by atoms with Crippen LogP contribution >= 0.6 is 11.8 Å². The van der Waals surface area contributed by atoms with Crippen molar-refractivity contribution >= 4 is 35.3 Å². The fourth-order valence-electron chi connectivity index (χ4n) is 3.73. The molecule has 1 N–H and O–H groups in total. The average molecular weight is 403 g/mol. The number of aliphatic carboxylic acids is 1. The number of β-lactam (4-membered cyclic amide) rings is 1. The summed E-state index contributed by atoms with van der Waals surface area (Å²) in [7, 11) is 1.37. The molecule has 0 unspecified atom stereocenters. The first-order valence-electron chi connectivity index (χ1n) is 8.60. The molecule has 3 rings (SSSR count). The van der Waals surface area contributed by atoms with Gasteiger partial charge in [0.25, 0.3) is 5.91 Å². The van der Waals surface area contributed by atoms with E-state index in [1.807, 2.05) is 6.08 Å². The number of nitrogens with one attached hydrogen (secondary N) is 1. The van der Waals surface area contributed by atoms with E-state index in [1.165, 1.54) is 23.8 Å². The Labute approximate surface area is 184 Å². The zero-order chi connectivity index (χ0) is 19.1. The van der Waals surface area contributed by atoms with Crippen LogP contribution in [0.5, 0.6) is 0 Å². The first kappa shape index (κ1) is 22.3. The van der Waals surface area contributed by atoms with Crippen LogP contribution in [0.1, 0.15) is 39.5 Å². The second kappa shape index (κ2) is 8.55. The molecule has 2 amide bonds. The van der Waals surface area contributed by atoms with E-state index < -0.39 is 40.0 Å². The molecule has 0 aromatic heterocycles. The van der Waals surface area contributed by atoms with Gasteiger partial charge in [0.15, 0.2) is 5.71 Å². The zero-order valence-electron chi connectivity index (χ0n) is 16.0. The minimum Gasteiger partial charge on any atom is -0.548 e. The van der Waals surface area contributed by atoms with Gasteiger partial charge >= 0.3 is 29.6 Å². The van der Waals surface area contributed by atoms with E-state index >= 15 is 0 Å². The van der Waals surface area contributed by atoms with Gasteiger partial charge in [-0.1, -0.05) is 11.2 Å². The third-order valence-corrected chi connectivity index (χ3v) is 6.52. The molecule has 3 atom stereocenters. The van der Waals surface area contributed by atoms with Crippen LogP contribution in [0, 0.1) is 0 Å². The number of carboxylic acid groups (broad SMARTS) is 1. The Hall–Kier alpha value is -1.03. The van der Waals surface area contributed by atoms with Gasteiger partial charge in [-0.05, 0) is 45.1 Å². The summed E-state index contributed by atoms with van der Waals surface area (Å²) < 4.78 is -0.687. The number of hydrogen-bond donors (Lipinski definition) is 1. The molecule has 2 aliphatic heterocycles. The summed E-state index contributed by atoms with van der Waals surface area (Å²) in [6, 6.07) is -1.78. The van der Waals surface area contributed by atoms with E-state index in [-0.39, 0.29) is 35.3 Å². The zero-order valence-corrected chi connectivity index (χ0v) is 18.8. The Kier molecular flexibility index (Phi) is 7.05. The molecule has 0 spiro atoms. The second-order valence-electron chi connectivity index (χ2n) is 7.13. The maximum atomic E-state index is 12.7. The molecule has 2 fully saturated rings. The Morgan fingerprint density at radius 2 is 2.11 bits per heavy atom. The molecule has 0 radical (unpaired) electrons. The maximum Gasteiger partial charge on any atom is 1.00 e. The summed E-state index contributed by atoms with van der Waals surface area (Å²) in [6.07, 6.45) is 5.62. The van der Waals surface area contributed by atoms with Crippen molar-refractivity contribution in [2.24, 2.45) is 5.16 Å². The third-order valence-electron chi connectivity index (χ3n) is 4.94. The van der Waals surface area contributed by atoms with Gasteiger partial charge in [-0.3, -0.25) is 9.59 Å². The number of fused-ring (bicyclic) bond motifs is 1. The molecule has 27 heavy (non-hydrogen) atoms. The molecule has 0 aromatic carbocycles. The molecule has 2 saturated heterocycles. The van der Waals surface area contributed by atoms with Gasteiger partial charge < -0.3 is 25.0 Å². The molecule has 8 nitrogen and oxygen atoms in total. The Balaban J connectivity index is 0.00000261. The molecule has 142 valence electrons. The van der Waals surface area contributed by atoms with E-state index in [9.17, 15) is 19.5 Å². The van der Waals surface area contributed by atoms with Gasteiger partial charge in [0, 0.05) is 4.75 Å². The molecule has 0 aromatic rings. The van der Waals surface area contributed by atoms with Gasteiger partial charge in [-0.2, -0.15) is 0 Å². The number of rotatable bonds is 5. The summed E-state index contributed by atoms with van der Waals surface area (Å²) in [5, 5.41) is 17.6. The van der Waals surface area contributed by atoms with Crippen LogP contribution in [0.25, 0.3) is 0 Å². The number of carbonyl (C=O) groups excluding carboxylic acids is 3. The Bertz CT molecular complexity index is 709. The summed E-state index contributed by atoms with van der Waals surface area (Å²) in [6.45, 7) is 3.51. The number of thioether (sulfide) groups is 1. The smallest absolute Gasteiger partial charge is 0.548 e. The van der Waals surface area contributed by atoms with Crippen LogP contribution in [-0.4, -0.2) is 57.7 Å². The average Bonchev–Trinajstić information content (AvgIpc) is 2.86. The van der Waals surface area contributed by atoms with E-state index in [2.05, 4.69) is 10.5 Å². The third kappa shape index (κ3) is 4.06. The van der Waals surface area contributed by atoms with Gasteiger partial charge in [0.2, 0.25) is 5.91 Å². The quantitative estimate of drug-likeness (QED) is 0.224. The number of nitrogens with zero attached hydrogens (tertiary/aromatic N) is 2. The van der Waals surface area contributed by atoms with Crippen molar-refractivity contribution in [2.75, 3.05) is 7.11 Å².